The van der Waals surface area contributed by atoms with Crippen molar-refractivity contribution in [2.24, 2.45) is 5.41 Å². The average molecular weight is 334 g/mol. The largest absolute Gasteiger partial charge is 0.493 e. The zero-order valence-electron chi connectivity index (χ0n) is 13.5. The monoisotopic (exact) mass is 334 g/mol. The van der Waals surface area contributed by atoms with Gasteiger partial charge in [-0.15, -0.1) is 0 Å². The summed E-state index contributed by atoms with van der Waals surface area (Å²) in [5, 5.41) is 18.7. The molecule has 1 aliphatic carbocycles. The molecular weight excluding hydrogens is 315 g/mol. The second kappa shape index (κ2) is 6.86. The summed E-state index contributed by atoms with van der Waals surface area (Å²) in [4.78, 5) is 22.9. The molecule has 2 N–H and O–H groups in total. The summed E-state index contributed by atoms with van der Waals surface area (Å²) in [5.74, 6) is -2.72. The van der Waals surface area contributed by atoms with E-state index in [4.69, 9.17) is 4.74 Å². The number of hydrogen-bond donors (Lipinski definition) is 2. The van der Waals surface area contributed by atoms with Gasteiger partial charge in [-0.05, 0) is 43.5 Å². The van der Waals surface area contributed by atoms with E-state index in [-0.39, 0.29) is 28.9 Å². The van der Waals surface area contributed by atoms with Crippen LogP contribution in [-0.4, -0.2) is 28.8 Å². The van der Waals surface area contributed by atoms with Crippen molar-refractivity contribution >= 4 is 17.5 Å². The van der Waals surface area contributed by atoms with Crippen molar-refractivity contribution in [3.8, 4) is 5.75 Å². The molecule has 5 nitrogen and oxygen atoms in total. The van der Waals surface area contributed by atoms with Gasteiger partial charge in [-0.1, -0.05) is 19.1 Å². The number of halogens is 1. The predicted molar refractivity (Wildman–Crippen MR) is 86.2 cm³/mol. The minimum Gasteiger partial charge on any atom is -0.493 e. The molecular formula is C18H19FO5. The molecule has 2 rings (SSSR count). The van der Waals surface area contributed by atoms with Gasteiger partial charge < -0.3 is 14.9 Å². The summed E-state index contributed by atoms with van der Waals surface area (Å²) >= 11 is 0. The Labute approximate surface area is 139 Å². The van der Waals surface area contributed by atoms with Crippen LogP contribution in [0.4, 0.5) is 4.39 Å². The third-order valence-corrected chi connectivity index (χ3v) is 3.85. The lowest BCUT2D eigenvalue weighted by molar-refractivity contribution is -0.145. The van der Waals surface area contributed by atoms with E-state index in [9.17, 15) is 24.2 Å². The number of hydrogen-bond acceptors (Lipinski definition) is 3. The van der Waals surface area contributed by atoms with Crippen LogP contribution >= 0.6 is 0 Å². The Kier molecular flexibility index (Phi) is 5.07. The summed E-state index contributed by atoms with van der Waals surface area (Å²) in [6, 6.07) is 4.30. The Balaban J connectivity index is 2.62. The lowest BCUT2D eigenvalue weighted by Crippen LogP contribution is -2.29. The summed E-state index contributed by atoms with van der Waals surface area (Å²) in [6.45, 7) is 3.69. The van der Waals surface area contributed by atoms with E-state index in [2.05, 4.69) is 0 Å². The first-order valence-corrected chi connectivity index (χ1v) is 7.60. The van der Waals surface area contributed by atoms with Crippen LogP contribution in [0.3, 0.4) is 0 Å². The third-order valence-electron chi connectivity index (χ3n) is 3.85. The van der Waals surface area contributed by atoms with Crippen LogP contribution < -0.4 is 4.74 Å². The van der Waals surface area contributed by atoms with Gasteiger partial charge in [0, 0.05) is 5.57 Å². The van der Waals surface area contributed by atoms with Crippen LogP contribution in [0, 0.1) is 11.2 Å². The highest BCUT2D eigenvalue weighted by Crippen LogP contribution is 2.41. The summed E-state index contributed by atoms with van der Waals surface area (Å²) in [5.41, 5.74) is -1.23. The zero-order valence-corrected chi connectivity index (χ0v) is 13.5. The van der Waals surface area contributed by atoms with Crippen molar-refractivity contribution in [3.63, 3.8) is 0 Å². The Hall–Kier alpha value is -2.63. The number of allylic oxidation sites excluding steroid dienone is 2. The van der Waals surface area contributed by atoms with Crippen LogP contribution in [-0.2, 0) is 9.59 Å². The third kappa shape index (κ3) is 3.48. The second-order valence-corrected chi connectivity index (χ2v) is 5.94. The minimum atomic E-state index is -1.43. The topological polar surface area (TPSA) is 83.8 Å². The van der Waals surface area contributed by atoms with Crippen molar-refractivity contribution in [2.45, 2.75) is 26.7 Å². The Morgan fingerprint density at radius 2 is 2.04 bits per heavy atom. The van der Waals surface area contributed by atoms with Gasteiger partial charge in [0.25, 0.3) is 0 Å². The highest BCUT2D eigenvalue weighted by Gasteiger charge is 2.37. The molecule has 0 saturated carbocycles. The molecule has 1 aromatic carbocycles. The van der Waals surface area contributed by atoms with E-state index < -0.39 is 23.2 Å². The smallest absolute Gasteiger partial charge is 0.331 e. The first kappa shape index (κ1) is 17.7. The molecule has 128 valence electrons. The number of carboxylic acids is 2. The van der Waals surface area contributed by atoms with Gasteiger partial charge in [0.1, 0.15) is 11.6 Å². The lowest BCUT2D eigenvalue weighted by atomic mass is 9.76. The van der Waals surface area contributed by atoms with Gasteiger partial charge in [-0.3, -0.25) is 4.79 Å². The second-order valence-electron chi connectivity index (χ2n) is 5.94. The van der Waals surface area contributed by atoms with E-state index in [1.165, 1.54) is 31.2 Å². The van der Waals surface area contributed by atoms with Crippen molar-refractivity contribution in [1.82, 2.24) is 0 Å². The minimum absolute atomic E-state index is 0.0804. The van der Waals surface area contributed by atoms with Crippen LogP contribution in [0.25, 0.3) is 5.57 Å². The van der Waals surface area contributed by atoms with Gasteiger partial charge in [0.15, 0.2) is 0 Å². The average Bonchev–Trinajstić information content (AvgIpc) is 2.52. The highest BCUT2D eigenvalue weighted by atomic mass is 19.1. The number of ether oxygens (including phenoxy) is 1. The molecule has 0 fully saturated rings. The molecule has 0 spiro atoms. The molecule has 24 heavy (non-hydrogen) atoms. The number of carboxylic acid groups (broad SMARTS) is 2. The highest BCUT2D eigenvalue weighted by molar-refractivity contribution is 5.96. The standard InChI is InChI=1S/C18H19FO5/c1-3-7-24-14-6-4-5-13(19)15(14)11-8-12(16(20)21)10-18(2,9-11)17(22)23/h4-6,8-9H,3,7,10H2,1-2H3,(H,20,21)(H,22,23). The number of rotatable bonds is 6. The van der Waals surface area contributed by atoms with Crippen LogP contribution in [0.2, 0.25) is 0 Å². The maximum absolute atomic E-state index is 14.4. The van der Waals surface area contributed by atoms with Gasteiger partial charge >= 0.3 is 11.9 Å². The molecule has 0 aromatic heterocycles. The molecule has 1 unspecified atom stereocenters. The molecule has 6 heteroatoms. The molecule has 0 radical (unpaired) electrons. The first-order valence-electron chi connectivity index (χ1n) is 7.60. The van der Waals surface area contributed by atoms with Crippen molar-refractivity contribution < 1.29 is 28.9 Å². The number of benzene rings is 1. The van der Waals surface area contributed by atoms with Crippen LogP contribution in [0.15, 0.2) is 35.9 Å². The predicted octanol–water partition coefficient (Wildman–Crippen LogP) is 3.50. The lowest BCUT2D eigenvalue weighted by Gasteiger charge is -2.27. The van der Waals surface area contributed by atoms with Crippen molar-refractivity contribution in [2.75, 3.05) is 6.61 Å². The normalized spacial score (nSPS) is 20.1. The fourth-order valence-corrected chi connectivity index (χ4v) is 2.61. The fraction of sp³-hybridized carbons (Fsp3) is 0.333. The molecule has 0 heterocycles. The summed E-state index contributed by atoms with van der Waals surface area (Å²) in [7, 11) is 0. The molecule has 1 aliphatic rings. The maximum Gasteiger partial charge on any atom is 0.331 e. The van der Waals surface area contributed by atoms with Crippen LogP contribution in [0.5, 0.6) is 5.75 Å². The maximum atomic E-state index is 14.4. The first-order chi connectivity index (χ1) is 11.3. The molecule has 1 aromatic rings. The molecule has 0 bridgehead atoms. The van der Waals surface area contributed by atoms with E-state index in [0.29, 0.717) is 6.61 Å². The summed E-state index contributed by atoms with van der Waals surface area (Å²) in [6.07, 6.45) is 3.25. The van der Waals surface area contributed by atoms with Gasteiger partial charge in [0.2, 0.25) is 0 Å². The molecule has 0 amide bonds. The molecule has 0 saturated heterocycles. The molecule has 1 atom stereocenters. The van der Waals surface area contributed by atoms with Crippen LogP contribution in [0.1, 0.15) is 32.3 Å². The number of aliphatic carboxylic acids is 2. The zero-order chi connectivity index (χ0) is 17.9. The number of carbonyl (C=O) groups is 2. The molecule has 0 aliphatic heterocycles. The SMILES string of the molecule is CCCOc1cccc(F)c1C1=CC(C)(C(=O)O)CC(C(=O)O)=C1. The fourth-order valence-electron chi connectivity index (χ4n) is 2.61. The van der Waals surface area contributed by atoms with E-state index in [1.807, 2.05) is 6.92 Å². The van der Waals surface area contributed by atoms with Crippen molar-refractivity contribution in [1.29, 1.82) is 0 Å². The Morgan fingerprint density at radius 3 is 2.62 bits per heavy atom. The Morgan fingerprint density at radius 1 is 1.33 bits per heavy atom. The van der Waals surface area contributed by atoms with E-state index in [1.54, 1.807) is 6.07 Å². The van der Waals surface area contributed by atoms with Crippen molar-refractivity contribution in [3.05, 3.63) is 47.3 Å². The van der Waals surface area contributed by atoms with E-state index in [0.717, 1.165) is 6.42 Å². The Bertz CT molecular complexity index is 735. The van der Waals surface area contributed by atoms with Gasteiger partial charge in [-0.25, -0.2) is 9.18 Å². The summed E-state index contributed by atoms with van der Waals surface area (Å²) < 4.78 is 19.9. The quantitative estimate of drug-likeness (QED) is 0.832. The van der Waals surface area contributed by atoms with Gasteiger partial charge in [-0.2, -0.15) is 0 Å². The van der Waals surface area contributed by atoms with E-state index >= 15 is 0 Å². The van der Waals surface area contributed by atoms with Gasteiger partial charge in [0.05, 0.1) is 17.6 Å².